The van der Waals surface area contributed by atoms with Crippen LogP contribution in [0.1, 0.15) is 5.69 Å². The average molecular weight is 360 g/mol. The summed E-state index contributed by atoms with van der Waals surface area (Å²) in [6.45, 7) is 0.607. The Labute approximate surface area is 155 Å². The highest BCUT2D eigenvalue weighted by Gasteiger charge is 2.11. The first-order chi connectivity index (χ1) is 13.2. The highest BCUT2D eigenvalue weighted by Crippen LogP contribution is 2.26. The highest BCUT2D eigenvalue weighted by molar-refractivity contribution is 5.84. The Morgan fingerprint density at radius 2 is 1.93 bits per heavy atom. The number of nitrogens with two attached hydrogens (primary N) is 1. The van der Waals surface area contributed by atoms with Crippen LogP contribution in [0.3, 0.4) is 0 Å². The first-order valence-electron chi connectivity index (χ1n) is 8.51. The number of aromatic nitrogens is 4. The van der Waals surface area contributed by atoms with Crippen LogP contribution in [0.25, 0.3) is 22.2 Å². The van der Waals surface area contributed by atoms with Crippen molar-refractivity contribution >= 4 is 22.5 Å². The van der Waals surface area contributed by atoms with Crippen LogP contribution in [0.15, 0.2) is 61.1 Å². The van der Waals surface area contributed by atoms with E-state index in [0.29, 0.717) is 24.6 Å². The molecule has 0 bridgehead atoms. The monoisotopic (exact) mass is 360 g/mol. The smallest absolute Gasteiger partial charge is 0.131 e. The van der Waals surface area contributed by atoms with Gasteiger partial charge < -0.3 is 11.1 Å². The van der Waals surface area contributed by atoms with E-state index in [9.17, 15) is 4.39 Å². The van der Waals surface area contributed by atoms with Crippen LogP contribution < -0.4 is 11.1 Å². The normalized spacial score (nSPS) is 10.9. The minimum absolute atomic E-state index is 0.285. The number of pyridine rings is 2. The Kier molecular flexibility index (Phi) is 4.57. The second kappa shape index (κ2) is 7.33. The lowest BCUT2D eigenvalue weighted by atomic mass is 10.0. The Hall–Kier alpha value is -3.61. The van der Waals surface area contributed by atoms with Crippen molar-refractivity contribution in [2.45, 2.75) is 6.42 Å². The maximum Gasteiger partial charge on any atom is 0.131 e. The number of nitrogen functional groups attached to an aromatic ring is 1. The van der Waals surface area contributed by atoms with Gasteiger partial charge in [0.05, 0.1) is 16.9 Å². The van der Waals surface area contributed by atoms with E-state index in [-0.39, 0.29) is 5.82 Å². The first kappa shape index (κ1) is 16.8. The van der Waals surface area contributed by atoms with Gasteiger partial charge in [0.1, 0.15) is 23.8 Å². The molecular formula is C20H17FN6. The first-order valence-corrected chi connectivity index (χ1v) is 8.51. The summed E-state index contributed by atoms with van der Waals surface area (Å²) in [6.07, 6.45) is 3.79. The van der Waals surface area contributed by atoms with Gasteiger partial charge in [-0.2, -0.15) is 0 Å². The molecule has 0 fully saturated rings. The van der Waals surface area contributed by atoms with Crippen molar-refractivity contribution in [3.8, 4) is 11.3 Å². The summed E-state index contributed by atoms with van der Waals surface area (Å²) in [4.78, 5) is 17.2. The van der Waals surface area contributed by atoms with Gasteiger partial charge in [-0.15, -0.1) is 0 Å². The molecule has 4 aromatic rings. The lowest BCUT2D eigenvalue weighted by Crippen LogP contribution is -2.09. The maximum atomic E-state index is 13.6. The lowest BCUT2D eigenvalue weighted by molar-refractivity contribution is 0.629. The van der Waals surface area contributed by atoms with Gasteiger partial charge in [-0.1, -0.05) is 6.07 Å². The fraction of sp³-hybridized carbons (Fsp3) is 0.100. The summed E-state index contributed by atoms with van der Waals surface area (Å²) in [5.41, 5.74) is 8.99. The van der Waals surface area contributed by atoms with Gasteiger partial charge in [0.15, 0.2) is 0 Å². The molecule has 0 aliphatic heterocycles. The van der Waals surface area contributed by atoms with Crippen molar-refractivity contribution in [3.05, 3.63) is 72.6 Å². The van der Waals surface area contributed by atoms with Crippen molar-refractivity contribution in [1.82, 2.24) is 19.9 Å². The molecule has 6 nitrogen and oxygen atoms in total. The van der Waals surface area contributed by atoms with Gasteiger partial charge in [-0.05, 0) is 36.4 Å². The minimum Gasteiger partial charge on any atom is -0.384 e. The van der Waals surface area contributed by atoms with Gasteiger partial charge in [0.2, 0.25) is 0 Å². The highest BCUT2D eigenvalue weighted by atomic mass is 19.1. The predicted octanol–water partition coefficient (Wildman–Crippen LogP) is 3.46. The minimum atomic E-state index is -0.285. The van der Waals surface area contributed by atoms with E-state index in [4.69, 9.17) is 10.7 Å². The molecule has 0 saturated heterocycles. The van der Waals surface area contributed by atoms with Crippen molar-refractivity contribution in [3.63, 3.8) is 0 Å². The third-order valence-corrected chi connectivity index (χ3v) is 4.15. The van der Waals surface area contributed by atoms with Crippen LogP contribution in [-0.4, -0.2) is 26.5 Å². The number of fused-ring (bicyclic) bond motifs is 1. The number of nitrogens with one attached hydrogen (secondary N) is 1. The molecule has 134 valence electrons. The largest absolute Gasteiger partial charge is 0.384 e. The number of halogens is 1. The summed E-state index contributed by atoms with van der Waals surface area (Å²) < 4.78 is 13.6. The van der Waals surface area contributed by atoms with Crippen LogP contribution >= 0.6 is 0 Å². The molecule has 0 radical (unpaired) electrons. The summed E-state index contributed by atoms with van der Waals surface area (Å²) in [6, 6.07) is 13.9. The molecule has 0 aliphatic carbocycles. The number of anilines is 2. The molecule has 1 aromatic carbocycles. The Morgan fingerprint density at radius 3 is 2.74 bits per heavy atom. The summed E-state index contributed by atoms with van der Waals surface area (Å²) in [7, 11) is 0. The molecule has 3 aromatic heterocycles. The fourth-order valence-corrected chi connectivity index (χ4v) is 2.90. The molecule has 0 aliphatic rings. The quantitative estimate of drug-likeness (QED) is 0.566. The maximum absolute atomic E-state index is 13.6. The second-order valence-corrected chi connectivity index (χ2v) is 6.04. The van der Waals surface area contributed by atoms with Gasteiger partial charge >= 0.3 is 0 Å². The van der Waals surface area contributed by atoms with Crippen molar-refractivity contribution in [2.24, 2.45) is 0 Å². The average Bonchev–Trinajstić information content (AvgIpc) is 2.68. The molecule has 0 spiro atoms. The van der Waals surface area contributed by atoms with Crippen molar-refractivity contribution in [1.29, 1.82) is 0 Å². The molecule has 4 rings (SSSR count). The van der Waals surface area contributed by atoms with Gasteiger partial charge in [-0.3, -0.25) is 9.97 Å². The van der Waals surface area contributed by atoms with E-state index in [1.165, 1.54) is 18.5 Å². The van der Waals surface area contributed by atoms with Gasteiger partial charge in [0.25, 0.3) is 0 Å². The zero-order valence-electron chi connectivity index (χ0n) is 14.4. The fourth-order valence-electron chi connectivity index (χ4n) is 2.90. The topological polar surface area (TPSA) is 89.6 Å². The molecule has 27 heavy (non-hydrogen) atoms. The Balaban J connectivity index is 1.66. The third kappa shape index (κ3) is 3.82. The molecule has 7 heteroatoms. The van der Waals surface area contributed by atoms with Gasteiger partial charge in [0, 0.05) is 36.2 Å². The molecule has 3 N–H and O–H groups in total. The summed E-state index contributed by atoms with van der Waals surface area (Å²) in [5, 5.41) is 3.96. The SMILES string of the molecule is Nc1cc(NCCc2nc3ccc(F)cc3cc2-c2ccccn2)ncn1. The van der Waals surface area contributed by atoms with E-state index in [1.807, 2.05) is 24.3 Å². The van der Waals surface area contributed by atoms with Crippen LogP contribution in [-0.2, 0) is 6.42 Å². The van der Waals surface area contributed by atoms with Crippen molar-refractivity contribution in [2.75, 3.05) is 17.6 Å². The van der Waals surface area contributed by atoms with Gasteiger partial charge in [-0.25, -0.2) is 14.4 Å². The number of hydrogen-bond donors (Lipinski definition) is 2. The number of hydrogen-bond acceptors (Lipinski definition) is 6. The van der Waals surface area contributed by atoms with Crippen LogP contribution in [0, 0.1) is 5.82 Å². The summed E-state index contributed by atoms with van der Waals surface area (Å²) >= 11 is 0. The molecule has 0 unspecified atom stereocenters. The molecule has 0 atom stereocenters. The zero-order valence-corrected chi connectivity index (χ0v) is 14.4. The van der Waals surface area contributed by atoms with Crippen LogP contribution in [0.4, 0.5) is 16.0 Å². The van der Waals surface area contributed by atoms with Crippen LogP contribution in [0.5, 0.6) is 0 Å². The molecular weight excluding hydrogens is 343 g/mol. The van der Waals surface area contributed by atoms with E-state index in [1.54, 1.807) is 18.3 Å². The van der Waals surface area contributed by atoms with E-state index in [2.05, 4.69) is 20.3 Å². The molecule has 0 amide bonds. The number of nitrogens with zero attached hydrogens (tertiary/aromatic N) is 4. The zero-order chi connectivity index (χ0) is 18.6. The Bertz CT molecular complexity index is 1080. The third-order valence-electron chi connectivity index (χ3n) is 4.15. The number of rotatable bonds is 5. The second-order valence-electron chi connectivity index (χ2n) is 6.04. The van der Waals surface area contributed by atoms with Crippen molar-refractivity contribution < 1.29 is 4.39 Å². The number of benzene rings is 1. The van der Waals surface area contributed by atoms with E-state index in [0.717, 1.165) is 27.9 Å². The van der Waals surface area contributed by atoms with E-state index >= 15 is 0 Å². The van der Waals surface area contributed by atoms with E-state index < -0.39 is 0 Å². The standard InChI is InChI=1S/C20H17FN6/c21-14-4-5-16-13(9-14)10-15(17-3-1-2-7-23-17)18(27-16)6-8-24-20-11-19(22)25-12-26-20/h1-5,7,9-12H,6,8H2,(H3,22,24,25,26). The molecule has 3 heterocycles. The lowest BCUT2D eigenvalue weighted by Gasteiger charge is -2.11. The summed E-state index contributed by atoms with van der Waals surface area (Å²) in [5.74, 6) is 0.782. The predicted molar refractivity (Wildman–Crippen MR) is 104 cm³/mol. The Morgan fingerprint density at radius 1 is 1.00 bits per heavy atom. The molecule has 0 saturated carbocycles. The van der Waals surface area contributed by atoms with Crippen LogP contribution in [0.2, 0.25) is 0 Å².